The second-order valence-corrected chi connectivity index (χ2v) is 7.61. The summed E-state index contributed by atoms with van der Waals surface area (Å²) in [5.41, 5.74) is 2.71. The molecule has 2 heterocycles. The van der Waals surface area contributed by atoms with Crippen molar-refractivity contribution in [2.75, 3.05) is 19.0 Å². The van der Waals surface area contributed by atoms with E-state index in [1.165, 1.54) is 16.3 Å². The van der Waals surface area contributed by atoms with E-state index in [-0.39, 0.29) is 24.7 Å². The fraction of sp³-hybridized carbons (Fsp3) is 0.238. The van der Waals surface area contributed by atoms with Crippen molar-refractivity contribution in [3.05, 3.63) is 54.1 Å². The Hall–Kier alpha value is -3.26. The van der Waals surface area contributed by atoms with Gasteiger partial charge in [0, 0.05) is 19.3 Å². The fourth-order valence-electron chi connectivity index (χ4n) is 3.09. The highest BCUT2D eigenvalue weighted by Gasteiger charge is 2.22. The number of amides is 2. The van der Waals surface area contributed by atoms with Gasteiger partial charge in [0.1, 0.15) is 5.75 Å². The number of ether oxygens (including phenoxy) is 1. The molecule has 0 spiro atoms. The third-order valence-electron chi connectivity index (χ3n) is 4.60. The van der Waals surface area contributed by atoms with Gasteiger partial charge in [0.2, 0.25) is 11.8 Å². The monoisotopic (exact) mass is 408 g/mol. The highest BCUT2D eigenvalue weighted by molar-refractivity contribution is 7.22. The normalized spacial score (nSPS) is 13.4. The summed E-state index contributed by atoms with van der Waals surface area (Å²) in [7, 11) is 1.61. The molecule has 1 aliphatic rings. The molecule has 0 unspecified atom stereocenters. The van der Waals surface area contributed by atoms with Crippen LogP contribution in [0.15, 0.2) is 53.6 Å². The van der Waals surface area contributed by atoms with Gasteiger partial charge in [-0.25, -0.2) is 9.99 Å². The third-order valence-corrected chi connectivity index (χ3v) is 5.54. The van der Waals surface area contributed by atoms with Crippen molar-refractivity contribution < 1.29 is 14.3 Å². The predicted molar refractivity (Wildman–Crippen MR) is 113 cm³/mol. The molecule has 0 radical (unpaired) electrons. The molecule has 3 aromatic rings. The molecule has 2 aromatic carbocycles. The minimum absolute atomic E-state index is 0.0881. The van der Waals surface area contributed by atoms with E-state index in [4.69, 9.17) is 4.74 Å². The second-order valence-electron chi connectivity index (χ2n) is 6.58. The van der Waals surface area contributed by atoms with Crippen molar-refractivity contribution in [2.24, 2.45) is 5.10 Å². The van der Waals surface area contributed by atoms with E-state index in [2.05, 4.69) is 15.4 Å². The second kappa shape index (κ2) is 8.40. The number of hydrogen-bond acceptors (Lipinski definition) is 6. The van der Waals surface area contributed by atoms with Crippen molar-refractivity contribution in [1.82, 2.24) is 9.99 Å². The van der Waals surface area contributed by atoms with Gasteiger partial charge in [0.25, 0.3) is 0 Å². The highest BCUT2D eigenvalue weighted by atomic mass is 32.1. The molecule has 0 aliphatic carbocycles. The first-order chi connectivity index (χ1) is 14.1. The first-order valence-electron chi connectivity index (χ1n) is 9.30. The summed E-state index contributed by atoms with van der Waals surface area (Å²) in [4.78, 5) is 29.0. The molecule has 2 amide bonds. The largest absolute Gasteiger partial charge is 0.497 e. The predicted octanol–water partition coefficient (Wildman–Crippen LogP) is 3.66. The third kappa shape index (κ3) is 4.43. The zero-order chi connectivity index (χ0) is 20.2. The molecular weight excluding hydrogens is 388 g/mol. The molecule has 148 valence electrons. The van der Waals surface area contributed by atoms with Gasteiger partial charge in [-0.1, -0.05) is 41.7 Å². The number of methoxy groups -OCH3 is 1. The Morgan fingerprint density at radius 3 is 2.79 bits per heavy atom. The number of carbonyl (C=O) groups excluding carboxylic acids is 2. The Bertz CT molecular complexity index is 1080. The van der Waals surface area contributed by atoms with Crippen LogP contribution in [0.1, 0.15) is 24.8 Å². The Labute approximate surface area is 172 Å². The maximum atomic E-state index is 12.4. The van der Waals surface area contributed by atoms with Crippen LogP contribution in [0.5, 0.6) is 5.75 Å². The van der Waals surface area contributed by atoms with Crippen LogP contribution >= 0.6 is 11.3 Å². The van der Waals surface area contributed by atoms with Crippen LogP contribution in [-0.2, 0) is 9.59 Å². The van der Waals surface area contributed by atoms with E-state index < -0.39 is 0 Å². The highest BCUT2D eigenvalue weighted by Crippen LogP contribution is 2.29. The van der Waals surface area contributed by atoms with Gasteiger partial charge in [-0.15, -0.1) is 0 Å². The number of benzene rings is 2. The number of rotatable bonds is 6. The molecule has 0 fully saturated rings. The number of nitrogens with one attached hydrogen (secondary N) is 1. The Balaban J connectivity index is 1.31. The van der Waals surface area contributed by atoms with E-state index in [1.54, 1.807) is 7.11 Å². The first kappa shape index (κ1) is 19.1. The first-order valence-corrected chi connectivity index (χ1v) is 10.1. The maximum Gasteiger partial charge on any atom is 0.243 e. The Kier molecular flexibility index (Phi) is 5.53. The lowest BCUT2D eigenvalue weighted by Crippen LogP contribution is -2.24. The lowest BCUT2D eigenvalue weighted by molar-refractivity contribution is -0.132. The molecule has 0 bridgehead atoms. The van der Waals surface area contributed by atoms with Crippen LogP contribution in [-0.4, -0.2) is 41.2 Å². The van der Waals surface area contributed by atoms with Crippen LogP contribution in [0.2, 0.25) is 0 Å². The van der Waals surface area contributed by atoms with Crippen molar-refractivity contribution in [3.8, 4) is 5.75 Å². The summed E-state index contributed by atoms with van der Waals surface area (Å²) >= 11 is 1.37. The topological polar surface area (TPSA) is 83.9 Å². The molecule has 0 saturated heterocycles. The molecular formula is C21H20N4O3S. The number of anilines is 1. The van der Waals surface area contributed by atoms with Crippen molar-refractivity contribution >= 4 is 44.2 Å². The summed E-state index contributed by atoms with van der Waals surface area (Å²) < 4.78 is 6.13. The van der Waals surface area contributed by atoms with Crippen LogP contribution < -0.4 is 10.1 Å². The SMILES string of the molecule is COc1ccc2nc(NC(=O)CCC(=O)N3CCC(c4ccccc4)=N3)sc2c1. The maximum absolute atomic E-state index is 12.4. The Morgan fingerprint density at radius 2 is 2.00 bits per heavy atom. The summed E-state index contributed by atoms with van der Waals surface area (Å²) in [5.74, 6) is 0.349. The lowest BCUT2D eigenvalue weighted by atomic mass is 10.1. The van der Waals surface area contributed by atoms with E-state index >= 15 is 0 Å². The molecule has 1 aromatic heterocycles. The van der Waals surface area contributed by atoms with Gasteiger partial charge in [0.05, 0.1) is 29.6 Å². The van der Waals surface area contributed by atoms with Gasteiger partial charge >= 0.3 is 0 Å². The summed E-state index contributed by atoms with van der Waals surface area (Å²) in [6.07, 6.45) is 0.915. The average molecular weight is 408 g/mol. The molecule has 1 N–H and O–H groups in total. The molecule has 4 rings (SSSR count). The quantitative estimate of drug-likeness (QED) is 0.675. The van der Waals surface area contributed by atoms with Gasteiger partial charge in [-0.2, -0.15) is 5.10 Å². The average Bonchev–Trinajstić information content (AvgIpc) is 3.39. The lowest BCUT2D eigenvalue weighted by Gasteiger charge is -2.10. The number of nitrogens with zero attached hydrogens (tertiary/aromatic N) is 3. The smallest absolute Gasteiger partial charge is 0.243 e. The van der Waals surface area contributed by atoms with Crippen LogP contribution in [0.3, 0.4) is 0 Å². The molecule has 1 aliphatic heterocycles. The van der Waals surface area contributed by atoms with E-state index in [0.29, 0.717) is 11.7 Å². The fourth-order valence-corrected chi connectivity index (χ4v) is 4.00. The minimum Gasteiger partial charge on any atom is -0.497 e. The number of thiazole rings is 1. The zero-order valence-electron chi connectivity index (χ0n) is 15.9. The van der Waals surface area contributed by atoms with E-state index in [1.807, 2.05) is 48.5 Å². The summed E-state index contributed by atoms with van der Waals surface area (Å²) in [6, 6.07) is 15.4. The van der Waals surface area contributed by atoms with Gasteiger partial charge in [-0.05, 0) is 23.8 Å². The number of hydrazone groups is 1. The minimum atomic E-state index is -0.240. The van der Waals surface area contributed by atoms with Gasteiger partial charge in [0.15, 0.2) is 5.13 Å². The summed E-state index contributed by atoms with van der Waals surface area (Å²) in [5, 5.41) is 9.15. The van der Waals surface area contributed by atoms with Crippen molar-refractivity contribution in [1.29, 1.82) is 0 Å². The van der Waals surface area contributed by atoms with Gasteiger partial charge in [-0.3, -0.25) is 9.59 Å². The zero-order valence-corrected chi connectivity index (χ0v) is 16.7. The number of hydrogen-bond donors (Lipinski definition) is 1. The van der Waals surface area contributed by atoms with Crippen molar-refractivity contribution in [3.63, 3.8) is 0 Å². The van der Waals surface area contributed by atoms with Crippen molar-refractivity contribution in [2.45, 2.75) is 19.3 Å². The molecule has 8 heteroatoms. The molecule has 7 nitrogen and oxygen atoms in total. The van der Waals surface area contributed by atoms with E-state index in [9.17, 15) is 9.59 Å². The van der Waals surface area contributed by atoms with Gasteiger partial charge < -0.3 is 10.1 Å². The van der Waals surface area contributed by atoms with Crippen LogP contribution in [0.25, 0.3) is 10.2 Å². The standard InChI is InChI=1S/C21H20N4O3S/c1-28-15-7-8-17-18(13-15)29-21(22-17)23-19(26)9-10-20(27)25-12-11-16(24-25)14-5-3-2-4-6-14/h2-8,13H,9-12H2,1H3,(H,22,23,26). The molecule has 0 saturated carbocycles. The van der Waals surface area contributed by atoms with Crippen LogP contribution in [0, 0.1) is 0 Å². The number of fused-ring (bicyclic) bond motifs is 1. The molecule has 29 heavy (non-hydrogen) atoms. The van der Waals surface area contributed by atoms with Crippen LogP contribution in [0.4, 0.5) is 5.13 Å². The molecule has 0 atom stereocenters. The van der Waals surface area contributed by atoms with E-state index in [0.717, 1.165) is 33.7 Å². The number of carbonyl (C=O) groups is 2. The Morgan fingerprint density at radius 1 is 1.17 bits per heavy atom. The number of aromatic nitrogens is 1. The summed E-state index contributed by atoms with van der Waals surface area (Å²) in [6.45, 7) is 0.546.